The first-order chi connectivity index (χ1) is 14.5. The van der Waals surface area contributed by atoms with Crippen molar-refractivity contribution >= 4 is 58.7 Å². The molecular weight excluding hydrogens is 463 g/mol. The van der Waals surface area contributed by atoms with Crippen LogP contribution in [0.3, 0.4) is 0 Å². The highest BCUT2D eigenvalue weighted by Crippen LogP contribution is 2.23. The minimum absolute atomic E-state index is 0.189. The summed E-state index contributed by atoms with van der Waals surface area (Å²) in [6.45, 7) is 0.338. The highest BCUT2D eigenvalue weighted by molar-refractivity contribution is 8.00. The van der Waals surface area contributed by atoms with Gasteiger partial charge in [-0.2, -0.15) is 5.10 Å². The van der Waals surface area contributed by atoms with E-state index in [1.54, 1.807) is 30.5 Å². The van der Waals surface area contributed by atoms with Gasteiger partial charge in [-0.15, -0.1) is 11.8 Å². The summed E-state index contributed by atoms with van der Waals surface area (Å²) in [6.07, 6.45) is 1.57. The second-order valence-electron chi connectivity index (χ2n) is 6.13. The molecule has 0 radical (unpaired) electrons. The summed E-state index contributed by atoms with van der Waals surface area (Å²) in [7, 11) is 0. The molecule has 3 aromatic rings. The molecule has 8 heteroatoms. The Labute approximate surface area is 194 Å². The third-order valence-electron chi connectivity index (χ3n) is 3.88. The summed E-state index contributed by atoms with van der Waals surface area (Å²) in [5.74, 6) is 0.770. The number of amides is 1. The molecule has 0 aromatic heterocycles. The van der Waals surface area contributed by atoms with Crippen LogP contribution < -0.4 is 10.2 Å². The third-order valence-corrected chi connectivity index (χ3v) is 5.73. The first kappa shape index (κ1) is 22.5. The largest absolute Gasteiger partial charge is 0.489 e. The van der Waals surface area contributed by atoms with Crippen molar-refractivity contribution in [3.63, 3.8) is 0 Å². The number of carbonyl (C=O) groups excluding carboxylic acids is 1. The Balaban J connectivity index is 1.43. The van der Waals surface area contributed by atoms with Gasteiger partial charge in [0.25, 0.3) is 0 Å². The van der Waals surface area contributed by atoms with Crippen molar-refractivity contribution in [1.29, 1.82) is 0 Å². The van der Waals surface area contributed by atoms with Gasteiger partial charge >= 0.3 is 0 Å². The lowest BCUT2D eigenvalue weighted by molar-refractivity contribution is -0.118. The maximum Gasteiger partial charge on any atom is 0.250 e. The van der Waals surface area contributed by atoms with Crippen molar-refractivity contribution in [2.75, 3.05) is 5.75 Å². The zero-order valence-electron chi connectivity index (χ0n) is 15.6. The number of carbonyl (C=O) groups is 1. The Bertz CT molecular complexity index is 1030. The van der Waals surface area contributed by atoms with Gasteiger partial charge < -0.3 is 4.74 Å². The van der Waals surface area contributed by atoms with Crippen LogP contribution in [0.25, 0.3) is 0 Å². The fraction of sp³-hybridized carbons (Fsp3) is 0.0909. The highest BCUT2D eigenvalue weighted by Gasteiger charge is 2.03. The molecule has 0 bridgehead atoms. The molecule has 1 amide bonds. The maximum absolute atomic E-state index is 11.9. The van der Waals surface area contributed by atoms with E-state index in [-0.39, 0.29) is 11.7 Å². The molecular formula is C22H17Cl3N2O2S. The standard InChI is InChI=1S/C22H17Cl3N2O2S/c23-17-5-9-20(10-6-17)30-14-22(28)27-26-12-15-1-7-19(8-2-15)29-13-16-3-4-18(24)11-21(16)25/h1-12H,13-14H2,(H,27,28)/b26-12-. The van der Waals surface area contributed by atoms with Gasteiger partial charge in [-0.25, -0.2) is 5.43 Å². The van der Waals surface area contributed by atoms with Gasteiger partial charge in [-0.05, 0) is 66.2 Å². The highest BCUT2D eigenvalue weighted by atomic mass is 35.5. The summed E-state index contributed by atoms with van der Waals surface area (Å²) in [4.78, 5) is 12.9. The molecule has 4 nitrogen and oxygen atoms in total. The van der Waals surface area contributed by atoms with E-state index in [9.17, 15) is 4.79 Å². The summed E-state index contributed by atoms with van der Waals surface area (Å²) in [5, 5.41) is 5.80. The molecule has 0 aliphatic rings. The van der Waals surface area contributed by atoms with E-state index in [2.05, 4.69) is 10.5 Å². The fourth-order valence-electron chi connectivity index (χ4n) is 2.34. The van der Waals surface area contributed by atoms with Crippen molar-refractivity contribution in [1.82, 2.24) is 5.43 Å². The van der Waals surface area contributed by atoms with Crippen LogP contribution in [0.1, 0.15) is 11.1 Å². The van der Waals surface area contributed by atoms with E-state index in [0.29, 0.717) is 27.4 Å². The lowest BCUT2D eigenvalue weighted by Gasteiger charge is -2.08. The maximum atomic E-state index is 11.9. The van der Waals surface area contributed by atoms with Crippen molar-refractivity contribution < 1.29 is 9.53 Å². The molecule has 154 valence electrons. The predicted molar refractivity (Wildman–Crippen MR) is 125 cm³/mol. The van der Waals surface area contributed by atoms with Crippen LogP contribution in [0.15, 0.2) is 76.7 Å². The average Bonchev–Trinajstić information content (AvgIpc) is 2.74. The first-order valence-electron chi connectivity index (χ1n) is 8.87. The normalized spacial score (nSPS) is 10.9. The smallest absolute Gasteiger partial charge is 0.250 e. The number of benzene rings is 3. The summed E-state index contributed by atoms with van der Waals surface area (Å²) in [6, 6.07) is 19.9. The van der Waals surface area contributed by atoms with Crippen LogP contribution in [0, 0.1) is 0 Å². The number of ether oxygens (including phenoxy) is 1. The Hall–Kier alpha value is -2.18. The van der Waals surface area contributed by atoms with Gasteiger partial charge in [-0.1, -0.05) is 40.9 Å². The lowest BCUT2D eigenvalue weighted by atomic mass is 10.2. The van der Waals surface area contributed by atoms with Gasteiger partial charge in [0, 0.05) is 25.5 Å². The van der Waals surface area contributed by atoms with Crippen LogP contribution in [0.2, 0.25) is 15.1 Å². The number of nitrogens with one attached hydrogen (secondary N) is 1. The zero-order chi connectivity index (χ0) is 21.3. The van der Waals surface area contributed by atoms with Crippen molar-refractivity contribution in [3.8, 4) is 5.75 Å². The molecule has 1 N–H and O–H groups in total. The predicted octanol–water partition coefficient (Wildman–Crippen LogP) is 6.47. The van der Waals surface area contributed by atoms with Gasteiger partial charge in [0.05, 0.1) is 12.0 Å². The van der Waals surface area contributed by atoms with Crippen molar-refractivity contribution in [3.05, 3.63) is 92.9 Å². The second kappa shape index (κ2) is 11.3. The summed E-state index contributed by atoms with van der Waals surface area (Å²) in [5.41, 5.74) is 4.20. The van der Waals surface area contributed by atoms with Gasteiger partial charge in [0.1, 0.15) is 12.4 Å². The minimum atomic E-state index is -0.189. The SMILES string of the molecule is O=C(CSc1ccc(Cl)cc1)N/N=C\c1ccc(OCc2ccc(Cl)cc2Cl)cc1. The number of rotatable bonds is 8. The van der Waals surface area contributed by atoms with E-state index in [0.717, 1.165) is 16.0 Å². The monoisotopic (exact) mass is 478 g/mol. The molecule has 3 rings (SSSR count). The van der Waals surface area contributed by atoms with Crippen LogP contribution in [-0.4, -0.2) is 17.9 Å². The number of hydrogen-bond donors (Lipinski definition) is 1. The Morgan fingerprint density at radius 2 is 1.67 bits per heavy atom. The van der Waals surface area contributed by atoms with Crippen molar-refractivity contribution in [2.24, 2.45) is 5.10 Å². The van der Waals surface area contributed by atoms with Crippen LogP contribution in [-0.2, 0) is 11.4 Å². The van der Waals surface area contributed by atoms with E-state index in [4.69, 9.17) is 39.5 Å². The second-order valence-corrected chi connectivity index (χ2v) is 8.46. The quantitative estimate of drug-likeness (QED) is 0.229. The number of nitrogens with zero attached hydrogens (tertiary/aromatic N) is 1. The summed E-state index contributed by atoms with van der Waals surface area (Å²) < 4.78 is 5.74. The zero-order valence-corrected chi connectivity index (χ0v) is 18.7. The number of halogens is 3. The number of hydrogen-bond acceptors (Lipinski definition) is 4. The molecule has 0 spiro atoms. The molecule has 0 fully saturated rings. The van der Waals surface area contributed by atoms with E-state index in [1.165, 1.54) is 11.8 Å². The Kier molecular flexibility index (Phi) is 8.46. The minimum Gasteiger partial charge on any atom is -0.489 e. The van der Waals surface area contributed by atoms with E-state index >= 15 is 0 Å². The van der Waals surface area contributed by atoms with Crippen molar-refractivity contribution in [2.45, 2.75) is 11.5 Å². The molecule has 0 aliphatic carbocycles. The van der Waals surface area contributed by atoms with E-state index < -0.39 is 0 Å². The summed E-state index contributed by atoms with van der Waals surface area (Å²) >= 11 is 19.3. The van der Waals surface area contributed by atoms with Crippen LogP contribution >= 0.6 is 46.6 Å². The number of hydrazone groups is 1. The molecule has 0 saturated carbocycles. The number of thioether (sulfide) groups is 1. The van der Waals surface area contributed by atoms with Gasteiger partial charge in [-0.3, -0.25) is 4.79 Å². The van der Waals surface area contributed by atoms with Crippen LogP contribution in [0.4, 0.5) is 0 Å². The topological polar surface area (TPSA) is 50.7 Å². The first-order valence-corrected chi connectivity index (χ1v) is 11.0. The van der Waals surface area contributed by atoms with Gasteiger partial charge in [0.2, 0.25) is 5.91 Å². The van der Waals surface area contributed by atoms with E-state index in [1.807, 2.05) is 42.5 Å². The molecule has 0 saturated heterocycles. The fourth-order valence-corrected chi connectivity index (χ4v) is 3.62. The van der Waals surface area contributed by atoms with Crippen LogP contribution in [0.5, 0.6) is 5.75 Å². The molecule has 0 aliphatic heterocycles. The molecule has 30 heavy (non-hydrogen) atoms. The van der Waals surface area contributed by atoms with Gasteiger partial charge in [0.15, 0.2) is 0 Å². The molecule has 3 aromatic carbocycles. The molecule has 0 unspecified atom stereocenters. The molecule has 0 heterocycles. The average molecular weight is 480 g/mol. The lowest BCUT2D eigenvalue weighted by Crippen LogP contribution is -2.19. The molecule has 0 atom stereocenters. The Morgan fingerprint density at radius 1 is 0.967 bits per heavy atom. The third kappa shape index (κ3) is 7.26. The Morgan fingerprint density at radius 3 is 2.37 bits per heavy atom.